The van der Waals surface area contributed by atoms with Gasteiger partial charge < -0.3 is 30.6 Å². The smallest absolute Gasteiger partial charge is 0.294 e. The van der Waals surface area contributed by atoms with Crippen LogP contribution in [0.1, 0.15) is 33.3 Å². The monoisotopic (exact) mass is 438 g/mol. The molecule has 11 nitrogen and oxygen atoms in total. The number of fused-ring (bicyclic) bond motifs is 1. The maximum atomic E-state index is 12.3. The van der Waals surface area contributed by atoms with Crippen molar-refractivity contribution in [3.05, 3.63) is 33.9 Å². The molecule has 1 heterocycles. The first-order valence-electron chi connectivity index (χ1n) is 9.93. The predicted octanol–water partition coefficient (Wildman–Crippen LogP) is 0.640. The van der Waals surface area contributed by atoms with Crippen LogP contribution in [0.5, 0.6) is 5.75 Å². The van der Waals surface area contributed by atoms with Crippen molar-refractivity contribution in [3.63, 3.8) is 0 Å². The molecule has 0 radical (unpaired) electrons. The average molecular weight is 438 g/mol. The minimum absolute atomic E-state index is 0.0331. The fraction of sp³-hybridized carbons (Fsp3) is 0.600. The fourth-order valence-corrected chi connectivity index (χ4v) is 2.88. The molecule has 1 aromatic carbocycles. The van der Waals surface area contributed by atoms with Crippen molar-refractivity contribution >= 4 is 17.5 Å². The fourth-order valence-electron chi connectivity index (χ4n) is 2.88. The molecule has 31 heavy (non-hydrogen) atoms. The van der Waals surface area contributed by atoms with Crippen molar-refractivity contribution in [2.45, 2.75) is 45.8 Å². The number of nitrogens with zero attached hydrogens (tertiary/aromatic N) is 1. The first-order chi connectivity index (χ1) is 14.4. The van der Waals surface area contributed by atoms with Crippen LogP contribution >= 0.6 is 0 Å². The number of carbonyl (C=O) groups is 2. The maximum Gasteiger partial charge on any atom is 0.294 e. The molecule has 1 aliphatic rings. The molecule has 0 saturated heterocycles. The van der Waals surface area contributed by atoms with Gasteiger partial charge in [-0.05, 0) is 39.8 Å². The van der Waals surface area contributed by atoms with Crippen LogP contribution in [0.15, 0.2) is 18.2 Å². The average Bonchev–Trinajstić information content (AvgIpc) is 3.08. The second-order valence-corrected chi connectivity index (χ2v) is 8.80. The van der Waals surface area contributed by atoms with Gasteiger partial charge in [0.1, 0.15) is 25.1 Å². The second kappa shape index (κ2) is 9.92. The summed E-state index contributed by atoms with van der Waals surface area (Å²) in [5.74, 6) is 0.0833. The van der Waals surface area contributed by atoms with Gasteiger partial charge in [-0.2, -0.15) is 0 Å². The maximum absolute atomic E-state index is 12.3. The Balaban J connectivity index is 1.76. The molecule has 0 aliphatic carbocycles. The van der Waals surface area contributed by atoms with E-state index in [0.717, 1.165) is 11.3 Å². The predicted molar refractivity (Wildman–Crippen MR) is 112 cm³/mol. The van der Waals surface area contributed by atoms with E-state index >= 15 is 0 Å². The Morgan fingerprint density at radius 3 is 2.74 bits per heavy atom. The van der Waals surface area contributed by atoms with Crippen molar-refractivity contribution < 1.29 is 29.4 Å². The van der Waals surface area contributed by atoms with Crippen LogP contribution in [0, 0.1) is 15.5 Å². The molecule has 2 amide bonds. The lowest BCUT2D eigenvalue weighted by Crippen LogP contribution is -2.53. The Kier molecular flexibility index (Phi) is 7.80. The minimum Gasteiger partial charge on any atom is -0.490 e. The van der Waals surface area contributed by atoms with E-state index in [1.165, 1.54) is 0 Å². The van der Waals surface area contributed by atoms with Gasteiger partial charge in [0.15, 0.2) is 0 Å². The van der Waals surface area contributed by atoms with Gasteiger partial charge in [0.2, 0.25) is 11.8 Å². The summed E-state index contributed by atoms with van der Waals surface area (Å²) in [5, 5.41) is 28.3. The molecule has 0 spiro atoms. The topological polar surface area (TPSA) is 152 Å². The van der Waals surface area contributed by atoms with Gasteiger partial charge in [0, 0.05) is 29.9 Å². The van der Waals surface area contributed by atoms with Crippen LogP contribution in [0.3, 0.4) is 0 Å². The summed E-state index contributed by atoms with van der Waals surface area (Å²) in [7, 11) is 0. The zero-order valence-corrected chi connectivity index (χ0v) is 18.2. The Morgan fingerprint density at radius 1 is 1.35 bits per heavy atom. The molecule has 2 rings (SSSR count). The van der Waals surface area contributed by atoms with E-state index in [-0.39, 0.29) is 44.5 Å². The molecule has 172 valence electrons. The number of β-amino-alcohol motifs (C(OH)–C–C–N with tert-alkyl or cyclic N) is 1. The number of aliphatic hydroxyl groups is 1. The van der Waals surface area contributed by atoms with Crippen LogP contribution < -0.4 is 20.7 Å². The number of hydrogen-bond donors (Lipinski definition) is 4. The van der Waals surface area contributed by atoms with Crippen molar-refractivity contribution in [3.8, 4) is 5.75 Å². The van der Waals surface area contributed by atoms with Crippen LogP contribution in [0.2, 0.25) is 0 Å². The molecule has 0 aromatic heterocycles. The number of aliphatic hydroxyl groups excluding tert-OH is 1. The number of hydrogen-bond acceptors (Lipinski definition) is 8. The molecular weight excluding hydrogens is 408 g/mol. The molecule has 0 fully saturated rings. The van der Waals surface area contributed by atoms with E-state index in [2.05, 4.69) is 20.8 Å². The largest absolute Gasteiger partial charge is 0.490 e. The summed E-state index contributed by atoms with van der Waals surface area (Å²) in [5.41, 5.74) is -0.123. The zero-order valence-electron chi connectivity index (χ0n) is 18.2. The van der Waals surface area contributed by atoms with E-state index < -0.39 is 22.1 Å². The zero-order chi connectivity index (χ0) is 23.2. The Morgan fingerprint density at radius 2 is 2.06 bits per heavy atom. The molecule has 1 aliphatic heterocycles. The van der Waals surface area contributed by atoms with E-state index in [0.29, 0.717) is 5.75 Å². The van der Waals surface area contributed by atoms with Crippen molar-refractivity contribution in [1.82, 2.24) is 10.6 Å². The number of ether oxygens (including phenoxy) is 1. The number of nitrogens with one attached hydrogen (secondary N) is 3. The Bertz CT molecular complexity index is 826. The highest BCUT2D eigenvalue weighted by molar-refractivity contribution is 6.00. The van der Waals surface area contributed by atoms with Crippen LogP contribution in [0.25, 0.3) is 0 Å². The highest BCUT2D eigenvalue weighted by atomic mass is 16.9. The molecule has 0 saturated carbocycles. The van der Waals surface area contributed by atoms with Crippen molar-refractivity contribution in [2.24, 2.45) is 5.41 Å². The molecular formula is C20H30N4O7. The van der Waals surface area contributed by atoms with Crippen LogP contribution in [0.4, 0.5) is 5.69 Å². The summed E-state index contributed by atoms with van der Waals surface area (Å²) < 4.78 is 5.69. The summed E-state index contributed by atoms with van der Waals surface area (Å²) in [4.78, 5) is 38.5. The molecule has 1 aromatic rings. The highest BCUT2D eigenvalue weighted by Crippen LogP contribution is 2.31. The number of anilines is 1. The van der Waals surface area contributed by atoms with Gasteiger partial charge in [-0.25, -0.2) is 0 Å². The molecule has 11 heteroatoms. The summed E-state index contributed by atoms with van der Waals surface area (Å²) in [6, 6.07) is 5.32. The van der Waals surface area contributed by atoms with Gasteiger partial charge in [-0.3, -0.25) is 9.59 Å². The van der Waals surface area contributed by atoms with Crippen LogP contribution in [-0.4, -0.2) is 60.0 Å². The Hall–Kier alpha value is -2.92. The van der Waals surface area contributed by atoms with Gasteiger partial charge in [-0.1, -0.05) is 6.07 Å². The highest BCUT2D eigenvalue weighted by Gasteiger charge is 2.31. The minimum atomic E-state index is -1.07. The number of carbonyl (C=O) groups excluding carboxylic acids is 2. The van der Waals surface area contributed by atoms with Crippen molar-refractivity contribution in [2.75, 3.05) is 31.6 Å². The number of amides is 2. The third-order valence-electron chi connectivity index (χ3n) is 4.83. The lowest BCUT2D eigenvalue weighted by atomic mass is 9.93. The number of rotatable bonds is 12. The number of benzene rings is 1. The summed E-state index contributed by atoms with van der Waals surface area (Å²) in [6.07, 6.45) is -0.573. The van der Waals surface area contributed by atoms with Crippen molar-refractivity contribution in [1.29, 1.82) is 0 Å². The van der Waals surface area contributed by atoms with Gasteiger partial charge in [0.25, 0.3) is 5.09 Å². The third kappa shape index (κ3) is 7.37. The molecule has 0 bridgehead atoms. The van der Waals surface area contributed by atoms with E-state index in [4.69, 9.17) is 4.74 Å². The molecule has 1 unspecified atom stereocenters. The lowest BCUT2D eigenvalue weighted by molar-refractivity contribution is -0.760. The Labute approximate surface area is 180 Å². The standard InChI is InChI=1S/C20H30N4O7/c1-19(2,12-31-24(28)29)18(27)21-11-20(3,4)22-9-13(25)10-30-16-7-5-6-15-14(16)8-17(26)23-15/h5-7,13,22,25H,8-12H2,1-4H3,(H,21,27)(H,23,26). The SMILES string of the molecule is CC(C)(CNC(=O)C(C)(C)CO[N+](=O)[O-])NCC(O)COc1cccc2c1CC(=O)N2. The van der Waals surface area contributed by atoms with E-state index in [9.17, 15) is 24.8 Å². The van der Waals surface area contributed by atoms with Crippen LogP contribution in [-0.2, 0) is 20.8 Å². The quantitative estimate of drug-likeness (QED) is 0.274. The third-order valence-corrected chi connectivity index (χ3v) is 4.83. The summed E-state index contributed by atoms with van der Waals surface area (Å²) in [6.45, 7) is 6.94. The van der Waals surface area contributed by atoms with Gasteiger partial charge >= 0.3 is 0 Å². The molecule has 4 N–H and O–H groups in total. The lowest BCUT2D eigenvalue weighted by Gasteiger charge is -2.30. The first-order valence-corrected chi connectivity index (χ1v) is 9.93. The summed E-state index contributed by atoms with van der Waals surface area (Å²) >= 11 is 0. The normalized spacial score (nSPS) is 14.4. The first kappa shape index (κ1) is 24.4. The van der Waals surface area contributed by atoms with E-state index in [1.54, 1.807) is 32.0 Å². The van der Waals surface area contributed by atoms with Gasteiger partial charge in [0.05, 0.1) is 11.8 Å². The second-order valence-electron chi connectivity index (χ2n) is 8.80. The molecule has 1 atom stereocenters. The van der Waals surface area contributed by atoms with Gasteiger partial charge in [-0.15, -0.1) is 10.1 Å². The van der Waals surface area contributed by atoms with E-state index in [1.807, 2.05) is 13.8 Å².